The van der Waals surface area contributed by atoms with Crippen LogP contribution in [0.5, 0.6) is 0 Å². The van der Waals surface area contributed by atoms with Gasteiger partial charge in [-0.05, 0) is 37.1 Å². The van der Waals surface area contributed by atoms with Crippen molar-refractivity contribution in [3.63, 3.8) is 0 Å². The maximum atomic E-state index is 13.2. The summed E-state index contributed by atoms with van der Waals surface area (Å²) in [5.41, 5.74) is 10.6. The van der Waals surface area contributed by atoms with Gasteiger partial charge in [-0.1, -0.05) is 42.5 Å². The molecule has 2 aromatic heterocycles. The number of hydrogen-bond acceptors (Lipinski definition) is 3. The van der Waals surface area contributed by atoms with Crippen molar-refractivity contribution in [3.05, 3.63) is 88.7 Å². The number of thiazole rings is 1. The number of hydrogen-bond donors (Lipinski definition) is 1. The first-order valence-electron chi connectivity index (χ1n) is 9.28. The number of carbonyl (C=O) groups is 1. The van der Waals surface area contributed by atoms with Gasteiger partial charge in [0.15, 0.2) is 0 Å². The second-order valence-corrected chi connectivity index (χ2v) is 7.68. The smallest absolute Gasteiger partial charge is 0.250 e. The molecule has 4 nitrogen and oxygen atoms in total. The fourth-order valence-corrected chi connectivity index (χ4v) is 4.21. The zero-order chi connectivity index (χ0) is 20.4. The first-order chi connectivity index (χ1) is 14.0. The van der Waals surface area contributed by atoms with Gasteiger partial charge in [0.1, 0.15) is 10.8 Å². The highest BCUT2D eigenvalue weighted by atomic mass is 32.1. The zero-order valence-corrected chi connectivity index (χ0v) is 16.7. The van der Waals surface area contributed by atoms with Crippen LogP contribution in [-0.2, 0) is 13.0 Å². The lowest BCUT2D eigenvalue weighted by atomic mass is 10.1. The molecule has 2 N–H and O–H groups in total. The highest BCUT2D eigenvalue weighted by Crippen LogP contribution is 2.31. The molecule has 2 heterocycles. The summed E-state index contributed by atoms with van der Waals surface area (Å²) in [6.07, 6.45) is 0.705. The van der Waals surface area contributed by atoms with E-state index >= 15 is 0 Å². The van der Waals surface area contributed by atoms with E-state index in [-0.39, 0.29) is 5.82 Å². The number of aromatic nitrogens is 2. The summed E-state index contributed by atoms with van der Waals surface area (Å²) < 4.78 is 15.2. The fourth-order valence-electron chi connectivity index (χ4n) is 3.39. The first-order valence-corrected chi connectivity index (χ1v) is 10.2. The van der Waals surface area contributed by atoms with Crippen LogP contribution in [-0.4, -0.2) is 15.5 Å². The molecule has 0 spiro atoms. The van der Waals surface area contributed by atoms with Crippen molar-refractivity contribution in [2.45, 2.75) is 19.9 Å². The lowest BCUT2D eigenvalue weighted by Gasteiger charge is -2.11. The Morgan fingerprint density at radius 2 is 1.86 bits per heavy atom. The number of primary amides is 1. The second-order valence-electron chi connectivity index (χ2n) is 6.82. The molecule has 1 amide bonds. The molecule has 0 bridgehead atoms. The number of nitrogens with zero attached hydrogens (tertiary/aromatic N) is 2. The minimum atomic E-state index is -0.456. The van der Waals surface area contributed by atoms with Gasteiger partial charge in [0.25, 0.3) is 5.91 Å². The number of benzene rings is 2. The molecule has 146 valence electrons. The average molecular weight is 405 g/mol. The minimum absolute atomic E-state index is 0.251. The molecule has 6 heteroatoms. The van der Waals surface area contributed by atoms with Crippen LogP contribution in [0.15, 0.2) is 66.0 Å². The topological polar surface area (TPSA) is 60.9 Å². The van der Waals surface area contributed by atoms with Crippen molar-refractivity contribution >= 4 is 17.2 Å². The molecule has 4 aromatic rings. The number of rotatable bonds is 6. The molecule has 2 aromatic carbocycles. The molecular formula is C23H20FN3OS. The molecule has 0 radical (unpaired) electrons. The predicted molar refractivity (Wildman–Crippen MR) is 114 cm³/mol. The van der Waals surface area contributed by atoms with Crippen LogP contribution in [0.3, 0.4) is 0 Å². The zero-order valence-electron chi connectivity index (χ0n) is 15.9. The third kappa shape index (κ3) is 3.98. The van der Waals surface area contributed by atoms with E-state index in [9.17, 15) is 9.18 Å². The second kappa shape index (κ2) is 8.01. The summed E-state index contributed by atoms with van der Waals surface area (Å²) >= 11 is 1.56. The van der Waals surface area contributed by atoms with Crippen molar-refractivity contribution in [1.29, 1.82) is 0 Å². The molecular weight excluding hydrogens is 385 g/mol. The number of halogens is 1. The van der Waals surface area contributed by atoms with Crippen LogP contribution < -0.4 is 5.73 Å². The van der Waals surface area contributed by atoms with Crippen LogP contribution in [0.1, 0.15) is 21.6 Å². The first kappa shape index (κ1) is 19.1. The molecule has 0 aliphatic carbocycles. The standard InChI is InChI=1S/C23H20FN3OS/c1-15-19(22(25)28)13-21(27(15)12-11-16-7-9-18(24)10-8-16)20-14-29-23(26-20)17-5-3-2-4-6-17/h2-10,13-14H,11-12H2,1H3,(H2,25,28). The van der Waals surface area contributed by atoms with Gasteiger partial charge < -0.3 is 10.3 Å². The highest BCUT2D eigenvalue weighted by molar-refractivity contribution is 7.13. The Hall–Kier alpha value is -3.25. The fraction of sp³-hybridized carbons (Fsp3) is 0.130. The van der Waals surface area contributed by atoms with E-state index < -0.39 is 5.91 Å². The summed E-state index contributed by atoms with van der Waals surface area (Å²) in [5, 5.41) is 2.92. The summed E-state index contributed by atoms with van der Waals surface area (Å²) in [7, 11) is 0. The van der Waals surface area contributed by atoms with Crippen LogP contribution in [0.2, 0.25) is 0 Å². The van der Waals surface area contributed by atoms with Gasteiger partial charge >= 0.3 is 0 Å². The molecule has 0 saturated heterocycles. The van der Waals surface area contributed by atoms with Gasteiger partial charge in [-0.2, -0.15) is 0 Å². The summed E-state index contributed by atoms with van der Waals surface area (Å²) in [6.45, 7) is 2.52. The highest BCUT2D eigenvalue weighted by Gasteiger charge is 2.19. The molecule has 4 rings (SSSR count). The molecule has 29 heavy (non-hydrogen) atoms. The van der Waals surface area contributed by atoms with Crippen LogP contribution in [0.4, 0.5) is 4.39 Å². The number of carbonyl (C=O) groups excluding carboxylic acids is 1. The summed E-state index contributed by atoms with van der Waals surface area (Å²) in [5.74, 6) is -0.707. The normalized spacial score (nSPS) is 11.0. The lowest BCUT2D eigenvalue weighted by Crippen LogP contribution is -2.13. The largest absolute Gasteiger partial charge is 0.366 e. The Morgan fingerprint density at radius 1 is 1.14 bits per heavy atom. The number of amides is 1. The molecule has 0 fully saturated rings. The van der Waals surface area contributed by atoms with Crippen molar-refractivity contribution in [2.75, 3.05) is 0 Å². The van der Waals surface area contributed by atoms with Crippen molar-refractivity contribution in [2.24, 2.45) is 5.73 Å². The molecule has 0 saturated carbocycles. The van der Waals surface area contributed by atoms with E-state index in [0.717, 1.165) is 33.2 Å². The Labute approximate surface area is 172 Å². The van der Waals surface area contributed by atoms with Crippen molar-refractivity contribution in [1.82, 2.24) is 9.55 Å². The van der Waals surface area contributed by atoms with E-state index in [1.807, 2.05) is 48.7 Å². The van der Waals surface area contributed by atoms with Crippen LogP contribution >= 0.6 is 11.3 Å². The lowest BCUT2D eigenvalue weighted by molar-refractivity contribution is 0.0999. The molecule has 0 atom stereocenters. The van der Waals surface area contributed by atoms with Crippen molar-refractivity contribution in [3.8, 4) is 22.0 Å². The van der Waals surface area contributed by atoms with E-state index in [0.29, 0.717) is 18.5 Å². The van der Waals surface area contributed by atoms with Crippen molar-refractivity contribution < 1.29 is 9.18 Å². The summed E-state index contributed by atoms with van der Waals surface area (Å²) in [6, 6.07) is 18.3. The average Bonchev–Trinajstić information content (AvgIpc) is 3.33. The van der Waals surface area contributed by atoms with Gasteiger partial charge in [-0.15, -0.1) is 11.3 Å². The Morgan fingerprint density at radius 3 is 2.55 bits per heavy atom. The van der Waals surface area contributed by atoms with Gasteiger partial charge in [0.05, 0.1) is 17.0 Å². The van der Waals surface area contributed by atoms with Gasteiger partial charge in [-0.3, -0.25) is 4.79 Å². The Balaban J connectivity index is 1.69. The van der Waals surface area contributed by atoms with E-state index in [1.54, 1.807) is 23.5 Å². The van der Waals surface area contributed by atoms with Crippen LogP contribution in [0.25, 0.3) is 22.0 Å². The van der Waals surface area contributed by atoms with Gasteiger partial charge in [0, 0.05) is 23.2 Å². The van der Waals surface area contributed by atoms with Gasteiger partial charge in [-0.25, -0.2) is 9.37 Å². The van der Waals surface area contributed by atoms with E-state index in [4.69, 9.17) is 10.7 Å². The Bertz CT molecular complexity index is 1150. The molecule has 0 unspecified atom stereocenters. The van der Waals surface area contributed by atoms with Crippen LogP contribution in [0, 0.1) is 12.7 Å². The quantitative estimate of drug-likeness (QED) is 0.487. The third-order valence-electron chi connectivity index (χ3n) is 4.96. The predicted octanol–water partition coefficient (Wildman–Crippen LogP) is 5.07. The number of nitrogens with two attached hydrogens (primary N) is 1. The monoisotopic (exact) mass is 405 g/mol. The number of aryl methyl sites for hydroxylation is 1. The molecule has 0 aliphatic heterocycles. The maximum absolute atomic E-state index is 13.2. The Kier molecular flexibility index (Phi) is 5.27. The third-order valence-corrected chi connectivity index (χ3v) is 5.85. The molecule has 0 aliphatic rings. The van der Waals surface area contributed by atoms with E-state index in [1.165, 1.54) is 12.1 Å². The minimum Gasteiger partial charge on any atom is -0.366 e. The summed E-state index contributed by atoms with van der Waals surface area (Å²) in [4.78, 5) is 16.7. The van der Waals surface area contributed by atoms with E-state index in [2.05, 4.69) is 4.57 Å². The van der Waals surface area contributed by atoms with Gasteiger partial charge in [0.2, 0.25) is 0 Å². The SMILES string of the molecule is Cc1c(C(N)=O)cc(-c2csc(-c3ccccc3)n2)n1CCc1ccc(F)cc1. The maximum Gasteiger partial charge on any atom is 0.250 e.